The zero-order chi connectivity index (χ0) is 29.5. The van der Waals surface area contributed by atoms with Crippen LogP contribution in [0.5, 0.6) is 5.75 Å². The molecule has 1 amide bonds. The van der Waals surface area contributed by atoms with Gasteiger partial charge in [-0.2, -0.15) is 8.42 Å². The van der Waals surface area contributed by atoms with Crippen molar-refractivity contribution in [1.29, 1.82) is 0 Å². The van der Waals surface area contributed by atoms with Crippen LogP contribution in [0.2, 0.25) is 0 Å². The number of hydrogen-bond acceptors (Lipinski definition) is 7. The van der Waals surface area contributed by atoms with Gasteiger partial charge < -0.3 is 19.0 Å². The third-order valence-corrected chi connectivity index (χ3v) is 7.59. The maximum Gasteiger partial charge on any atom is 0.407 e. The van der Waals surface area contributed by atoms with Crippen LogP contribution in [0.4, 0.5) is 4.79 Å². The fourth-order valence-corrected chi connectivity index (χ4v) is 5.59. The first kappa shape index (κ1) is 28.9. The summed E-state index contributed by atoms with van der Waals surface area (Å²) in [6.07, 6.45) is 0.351. The molecule has 42 heavy (non-hydrogen) atoms. The van der Waals surface area contributed by atoms with E-state index in [2.05, 4.69) is 29.6 Å². The predicted molar refractivity (Wildman–Crippen MR) is 159 cm³/mol. The highest BCUT2D eigenvalue weighted by molar-refractivity contribution is 7.86. The van der Waals surface area contributed by atoms with Gasteiger partial charge in [-0.15, -0.1) is 0 Å². The summed E-state index contributed by atoms with van der Waals surface area (Å²) in [5.41, 5.74) is 6.07. The Morgan fingerprint density at radius 2 is 1.38 bits per heavy atom. The average molecular weight is 586 g/mol. The molecule has 1 unspecified atom stereocenters. The monoisotopic (exact) mass is 585 g/mol. The van der Waals surface area contributed by atoms with Crippen LogP contribution in [0, 0.1) is 0 Å². The number of hydrogen-bond donors (Lipinski definition) is 1. The van der Waals surface area contributed by atoms with Gasteiger partial charge in [0.1, 0.15) is 19.0 Å². The van der Waals surface area contributed by atoms with Crippen molar-refractivity contribution in [3.63, 3.8) is 0 Å². The van der Waals surface area contributed by atoms with Gasteiger partial charge in [-0.25, -0.2) is 4.79 Å². The summed E-state index contributed by atoms with van der Waals surface area (Å²) < 4.78 is 39.0. The van der Waals surface area contributed by atoms with E-state index in [9.17, 15) is 18.0 Å². The van der Waals surface area contributed by atoms with E-state index in [-0.39, 0.29) is 37.8 Å². The fourth-order valence-electron chi connectivity index (χ4n) is 5.13. The van der Waals surface area contributed by atoms with Gasteiger partial charge in [0.05, 0.1) is 12.7 Å². The second-order valence-electron chi connectivity index (χ2n) is 10.1. The largest absolute Gasteiger partial charge is 0.461 e. The molecule has 0 aliphatic heterocycles. The molecule has 0 spiro atoms. The Kier molecular flexibility index (Phi) is 8.88. The maximum atomic E-state index is 12.8. The number of benzene rings is 4. The quantitative estimate of drug-likeness (QED) is 0.176. The van der Waals surface area contributed by atoms with Crippen molar-refractivity contribution in [2.75, 3.05) is 19.4 Å². The van der Waals surface area contributed by atoms with Crippen molar-refractivity contribution in [3.05, 3.63) is 125 Å². The van der Waals surface area contributed by atoms with Crippen molar-refractivity contribution in [3.8, 4) is 16.9 Å². The lowest BCUT2D eigenvalue weighted by atomic mass is 9.95. The first-order chi connectivity index (χ1) is 20.3. The Morgan fingerprint density at radius 3 is 2.00 bits per heavy atom. The topological polar surface area (TPSA) is 108 Å². The van der Waals surface area contributed by atoms with Crippen LogP contribution in [0.3, 0.4) is 0 Å². The minimum atomic E-state index is -3.68. The summed E-state index contributed by atoms with van der Waals surface area (Å²) in [5, 5.41) is 2.79. The molecular formula is C33H31NO7S. The van der Waals surface area contributed by atoms with Crippen LogP contribution in [-0.2, 0) is 31.0 Å². The molecule has 216 valence electrons. The fraction of sp³-hybridized carbons (Fsp3) is 0.212. The molecule has 0 fully saturated rings. The number of fused-ring (bicyclic) bond motifs is 3. The molecule has 8 nitrogen and oxygen atoms in total. The molecule has 0 aromatic heterocycles. The third kappa shape index (κ3) is 7.36. The number of carbonyl (C=O) groups is 2. The van der Waals surface area contributed by atoms with E-state index in [0.29, 0.717) is 5.56 Å². The van der Waals surface area contributed by atoms with Crippen LogP contribution in [0.1, 0.15) is 40.5 Å². The van der Waals surface area contributed by atoms with Crippen LogP contribution < -0.4 is 9.50 Å². The van der Waals surface area contributed by atoms with Crippen LogP contribution in [0.15, 0.2) is 103 Å². The summed E-state index contributed by atoms with van der Waals surface area (Å²) in [7, 11) is -3.68. The molecule has 9 heteroatoms. The summed E-state index contributed by atoms with van der Waals surface area (Å²) in [6.45, 7) is 0.401. The Morgan fingerprint density at radius 1 is 0.786 bits per heavy atom. The zero-order valence-electron chi connectivity index (χ0n) is 23.1. The molecule has 4 aromatic rings. The van der Waals surface area contributed by atoms with Crippen molar-refractivity contribution in [2.24, 2.45) is 0 Å². The lowest BCUT2D eigenvalue weighted by Crippen LogP contribution is -2.31. The lowest BCUT2D eigenvalue weighted by molar-refractivity contribution is -0.145. The van der Waals surface area contributed by atoms with Gasteiger partial charge in [-0.3, -0.25) is 4.79 Å². The van der Waals surface area contributed by atoms with Gasteiger partial charge >= 0.3 is 22.2 Å². The molecule has 0 saturated carbocycles. The van der Waals surface area contributed by atoms with E-state index >= 15 is 0 Å². The summed E-state index contributed by atoms with van der Waals surface area (Å²) in [6, 6.07) is 31.9. The molecule has 0 radical (unpaired) electrons. The van der Waals surface area contributed by atoms with Crippen molar-refractivity contribution in [1.82, 2.24) is 5.32 Å². The smallest absolute Gasteiger partial charge is 0.407 e. The predicted octanol–water partition coefficient (Wildman–Crippen LogP) is 5.78. The summed E-state index contributed by atoms with van der Waals surface area (Å²) >= 11 is 0. The van der Waals surface area contributed by atoms with E-state index in [1.54, 1.807) is 12.1 Å². The Balaban J connectivity index is 1.23. The molecule has 4 aromatic carbocycles. The van der Waals surface area contributed by atoms with E-state index < -0.39 is 28.1 Å². The minimum absolute atomic E-state index is 0.0111. The maximum absolute atomic E-state index is 12.8. The van der Waals surface area contributed by atoms with Gasteiger partial charge in [0.15, 0.2) is 0 Å². The first-order valence-electron chi connectivity index (χ1n) is 13.5. The first-order valence-corrected chi connectivity index (χ1v) is 15.4. The highest BCUT2D eigenvalue weighted by atomic mass is 32.2. The SMILES string of the molecule is CS(=O)(=O)Oc1ccc(C(CNC(=O)OCC2c3ccccc3-c3ccccc32)CC(=O)OCc2ccccc2)cc1. The average Bonchev–Trinajstić information content (AvgIpc) is 3.31. The molecule has 0 bridgehead atoms. The van der Waals surface area contributed by atoms with Crippen LogP contribution in [-0.4, -0.2) is 39.9 Å². The molecule has 0 saturated heterocycles. The molecule has 1 atom stereocenters. The molecule has 1 aliphatic rings. The molecule has 5 rings (SSSR count). The molecule has 1 N–H and O–H groups in total. The van der Waals surface area contributed by atoms with E-state index in [0.717, 1.165) is 34.1 Å². The van der Waals surface area contributed by atoms with Crippen molar-refractivity contribution >= 4 is 22.2 Å². The van der Waals surface area contributed by atoms with E-state index in [4.69, 9.17) is 13.7 Å². The number of esters is 1. The van der Waals surface area contributed by atoms with Crippen LogP contribution in [0.25, 0.3) is 11.1 Å². The van der Waals surface area contributed by atoms with E-state index in [1.807, 2.05) is 54.6 Å². The van der Waals surface area contributed by atoms with Crippen LogP contribution >= 0.6 is 0 Å². The standard InChI is InChI=1S/C33H31NO7S/c1-42(37,38)41-26-17-15-24(16-18-26)25(19-32(35)39-21-23-9-3-2-4-10-23)20-34-33(36)40-22-31-29-13-7-5-11-27(29)28-12-6-8-14-30(28)31/h2-18,25,31H,19-22H2,1H3,(H,34,36). The van der Waals surface area contributed by atoms with Gasteiger partial charge in [0, 0.05) is 18.4 Å². The molecule has 1 aliphatic carbocycles. The van der Waals surface area contributed by atoms with Crippen molar-refractivity contribution in [2.45, 2.75) is 24.9 Å². The zero-order valence-corrected chi connectivity index (χ0v) is 23.9. The Labute approximate surface area is 245 Å². The Hall–Kier alpha value is -4.63. The second kappa shape index (κ2) is 12.9. The lowest BCUT2D eigenvalue weighted by Gasteiger charge is -2.19. The summed E-state index contributed by atoms with van der Waals surface area (Å²) in [5.74, 6) is -0.818. The second-order valence-corrected chi connectivity index (χ2v) is 11.7. The normalized spacial score (nSPS) is 13.0. The highest BCUT2D eigenvalue weighted by Crippen LogP contribution is 2.44. The van der Waals surface area contributed by atoms with Gasteiger partial charge in [-0.05, 0) is 45.5 Å². The summed E-state index contributed by atoms with van der Waals surface area (Å²) in [4.78, 5) is 25.6. The van der Waals surface area contributed by atoms with Gasteiger partial charge in [0.25, 0.3) is 0 Å². The molecule has 0 heterocycles. The third-order valence-electron chi connectivity index (χ3n) is 7.09. The van der Waals surface area contributed by atoms with Gasteiger partial charge in [-0.1, -0.05) is 91.0 Å². The number of rotatable bonds is 11. The van der Waals surface area contributed by atoms with Gasteiger partial charge in [0.2, 0.25) is 0 Å². The van der Waals surface area contributed by atoms with E-state index in [1.165, 1.54) is 12.1 Å². The number of carbonyl (C=O) groups excluding carboxylic acids is 2. The number of ether oxygens (including phenoxy) is 2. The number of amides is 1. The Bertz CT molecular complexity index is 1610. The highest BCUT2D eigenvalue weighted by Gasteiger charge is 2.29. The number of nitrogens with one attached hydrogen (secondary N) is 1. The van der Waals surface area contributed by atoms with Crippen molar-refractivity contribution < 1.29 is 31.7 Å². The molecular weight excluding hydrogens is 554 g/mol. The minimum Gasteiger partial charge on any atom is -0.461 e. The number of alkyl carbamates (subject to hydrolysis) is 1.